The van der Waals surface area contributed by atoms with E-state index in [0.29, 0.717) is 0 Å². The molecule has 0 radical (unpaired) electrons. The molecule has 126 valence electrons. The first-order valence-electron chi connectivity index (χ1n) is 7.35. The second kappa shape index (κ2) is 8.68. The van der Waals surface area contributed by atoms with Gasteiger partial charge in [-0.2, -0.15) is 5.10 Å². The standard InChI is InChI=1S/C18H19IN2O3/c1-12-5-4-6-13(2)18(12)24-11-17(22)21-20-10-14-7-8-16(23-3)15(19)9-14/h4-10H,11H2,1-3H3,(H,21,22)/b20-10+. The van der Waals surface area contributed by atoms with Crippen molar-refractivity contribution in [1.29, 1.82) is 0 Å². The van der Waals surface area contributed by atoms with Gasteiger partial charge in [-0.1, -0.05) is 18.2 Å². The van der Waals surface area contributed by atoms with Gasteiger partial charge in [0.15, 0.2) is 6.61 Å². The molecule has 5 nitrogen and oxygen atoms in total. The van der Waals surface area contributed by atoms with Crippen LogP contribution >= 0.6 is 22.6 Å². The number of methoxy groups -OCH3 is 1. The summed E-state index contributed by atoms with van der Waals surface area (Å²) < 4.78 is 11.8. The first-order chi connectivity index (χ1) is 11.5. The molecule has 0 spiro atoms. The van der Waals surface area contributed by atoms with Crippen LogP contribution in [-0.2, 0) is 4.79 Å². The third-order valence-electron chi connectivity index (χ3n) is 3.34. The number of carbonyl (C=O) groups excluding carboxylic acids is 1. The lowest BCUT2D eigenvalue weighted by atomic mass is 10.1. The van der Waals surface area contributed by atoms with Crippen LogP contribution in [0.3, 0.4) is 0 Å². The van der Waals surface area contributed by atoms with E-state index in [9.17, 15) is 4.79 Å². The fraction of sp³-hybridized carbons (Fsp3) is 0.222. The zero-order valence-electron chi connectivity index (χ0n) is 13.8. The van der Waals surface area contributed by atoms with E-state index < -0.39 is 0 Å². The summed E-state index contributed by atoms with van der Waals surface area (Å²) in [7, 11) is 1.63. The highest BCUT2D eigenvalue weighted by Crippen LogP contribution is 2.22. The third-order valence-corrected chi connectivity index (χ3v) is 4.18. The lowest BCUT2D eigenvalue weighted by Crippen LogP contribution is -2.25. The monoisotopic (exact) mass is 438 g/mol. The average Bonchev–Trinajstić information content (AvgIpc) is 2.54. The summed E-state index contributed by atoms with van der Waals surface area (Å²) >= 11 is 2.18. The Morgan fingerprint density at radius 3 is 2.58 bits per heavy atom. The van der Waals surface area contributed by atoms with Crippen LogP contribution in [0.25, 0.3) is 0 Å². The Balaban J connectivity index is 1.88. The molecule has 0 saturated heterocycles. The Bertz CT molecular complexity index is 740. The molecule has 0 heterocycles. The van der Waals surface area contributed by atoms with Crippen LogP contribution in [0, 0.1) is 17.4 Å². The maximum atomic E-state index is 11.8. The molecule has 1 N–H and O–H groups in total. The first-order valence-corrected chi connectivity index (χ1v) is 8.43. The zero-order chi connectivity index (χ0) is 17.5. The number of nitrogens with zero attached hydrogens (tertiary/aromatic N) is 1. The van der Waals surface area contributed by atoms with Gasteiger partial charge in [0.05, 0.1) is 16.9 Å². The van der Waals surface area contributed by atoms with Gasteiger partial charge in [0.1, 0.15) is 11.5 Å². The van der Waals surface area contributed by atoms with E-state index in [0.717, 1.165) is 31.8 Å². The highest BCUT2D eigenvalue weighted by Gasteiger charge is 2.06. The number of hydrogen-bond acceptors (Lipinski definition) is 4. The van der Waals surface area contributed by atoms with Gasteiger partial charge < -0.3 is 9.47 Å². The van der Waals surface area contributed by atoms with E-state index in [2.05, 4.69) is 33.1 Å². The molecule has 6 heteroatoms. The number of carbonyl (C=O) groups is 1. The summed E-state index contributed by atoms with van der Waals surface area (Å²) in [5, 5.41) is 3.95. The number of rotatable bonds is 6. The molecule has 1 amide bonds. The quantitative estimate of drug-likeness (QED) is 0.427. The molecule has 0 aliphatic heterocycles. The number of nitrogens with one attached hydrogen (secondary N) is 1. The van der Waals surface area contributed by atoms with Gasteiger partial charge in [-0.15, -0.1) is 0 Å². The molecule has 0 aliphatic rings. The maximum absolute atomic E-state index is 11.8. The summed E-state index contributed by atoms with van der Waals surface area (Å²) in [6, 6.07) is 11.5. The van der Waals surface area contributed by atoms with Gasteiger partial charge in [-0.3, -0.25) is 4.79 Å². The normalized spacial score (nSPS) is 10.7. The smallest absolute Gasteiger partial charge is 0.277 e. The van der Waals surface area contributed by atoms with Crippen molar-refractivity contribution in [2.45, 2.75) is 13.8 Å². The van der Waals surface area contributed by atoms with E-state index in [4.69, 9.17) is 9.47 Å². The van der Waals surface area contributed by atoms with E-state index in [-0.39, 0.29) is 12.5 Å². The van der Waals surface area contributed by atoms with Crippen LogP contribution in [0.1, 0.15) is 16.7 Å². The van der Waals surface area contributed by atoms with Crippen LogP contribution in [0.2, 0.25) is 0 Å². The molecule has 0 saturated carbocycles. The number of para-hydroxylation sites is 1. The predicted molar refractivity (Wildman–Crippen MR) is 103 cm³/mol. The van der Waals surface area contributed by atoms with E-state index in [1.54, 1.807) is 13.3 Å². The molecule has 0 bridgehead atoms. The van der Waals surface area contributed by atoms with Crippen molar-refractivity contribution in [3.05, 3.63) is 56.7 Å². The predicted octanol–water partition coefficient (Wildman–Crippen LogP) is 3.45. The number of hydrazone groups is 1. The fourth-order valence-corrected chi connectivity index (χ4v) is 2.90. The fourth-order valence-electron chi connectivity index (χ4n) is 2.14. The van der Waals surface area contributed by atoms with Crippen molar-refractivity contribution in [2.75, 3.05) is 13.7 Å². The van der Waals surface area contributed by atoms with Gasteiger partial charge in [0, 0.05) is 0 Å². The van der Waals surface area contributed by atoms with Gasteiger partial charge in [0.25, 0.3) is 5.91 Å². The SMILES string of the molecule is COc1ccc(/C=N/NC(=O)COc2c(C)cccc2C)cc1I. The lowest BCUT2D eigenvalue weighted by Gasteiger charge is -2.10. The molecule has 0 aromatic heterocycles. The Kier molecular flexibility index (Phi) is 6.60. The van der Waals surface area contributed by atoms with E-state index in [1.807, 2.05) is 50.2 Å². The molecule has 0 aliphatic carbocycles. The largest absolute Gasteiger partial charge is 0.496 e. The number of aryl methyl sites for hydroxylation is 2. The minimum atomic E-state index is -0.308. The Labute approximate surface area is 155 Å². The number of ether oxygens (including phenoxy) is 2. The van der Waals surface area contributed by atoms with Crippen LogP contribution < -0.4 is 14.9 Å². The van der Waals surface area contributed by atoms with Crippen LogP contribution in [0.15, 0.2) is 41.5 Å². The van der Waals surface area contributed by atoms with Gasteiger partial charge in [-0.05, 0) is 71.3 Å². The van der Waals surface area contributed by atoms with Crippen molar-refractivity contribution in [3.8, 4) is 11.5 Å². The molecule has 2 rings (SSSR count). The van der Waals surface area contributed by atoms with Gasteiger partial charge >= 0.3 is 0 Å². The summed E-state index contributed by atoms with van der Waals surface area (Å²) in [6.45, 7) is 3.82. The van der Waals surface area contributed by atoms with Crippen LogP contribution in [0.4, 0.5) is 0 Å². The topological polar surface area (TPSA) is 59.9 Å². The second-order valence-corrected chi connectivity index (χ2v) is 6.36. The van der Waals surface area contributed by atoms with E-state index >= 15 is 0 Å². The summed E-state index contributed by atoms with van der Waals surface area (Å²) in [5.41, 5.74) is 5.33. The Hall–Kier alpha value is -2.09. The first kappa shape index (κ1) is 18.3. The van der Waals surface area contributed by atoms with Crippen molar-refractivity contribution in [2.24, 2.45) is 5.10 Å². The highest BCUT2D eigenvalue weighted by atomic mass is 127. The summed E-state index contributed by atoms with van der Waals surface area (Å²) in [6.07, 6.45) is 1.58. The zero-order valence-corrected chi connectivity index (χ0v) is 16.0. The molecule has 0 fully saturated rings. The number of halogens is 1. The van der Waals surface area contributed by atoms with Crippen molar-refractivity contribution in [1.82, 2.24) is 5.43 Å². The number of benzene rings is 2. The molecule has 2 aromatic carbocycles. The molecule has 24 heavy (non-hydrogen) atoms. The molecular weight excluding hydrogens is 419 g/mol. The maximum Gasteiger partial charge on any atom is 0.277 e. The molecular formula is C18H19IN2O3. The Morgan fingerprint density at radius 2 is 1.96 bits per heavy atom. The van der Waals surface area contributed by atoms with E-state index in [1.165, 1.54) is 0 Å². The second-order valence-electron chi connectivity index (χ2n) is 5.20. The van der Waals surface area contributed by atoms with Gasteiger partial charge in [-0.25, -0.2) is 5.43 Å². The number of amides is 1. The molecule has 2 aromatic rings. The average molecular weight is 438 g/mol. The van der Waals surface area contributed by atoms with Crippen molar-refractivity contribution in [3.63, 3.8) is 0 Å². The molecule has 0 atom stereocenters. The minimum absolute atomic E-state index is 0.0802. The summed E-state index contributed by atoms with van der Waals surface area (Å²) in [4.78, 5) is 11.8. The molecule has 0 unspecified atom stereocenters. The highest BCUT2D eigenvalue weighted by molar-refractivity contribution is 14.1. The van der Waals surface area contributed by atoms with Crippen molar-refractivity contribution >= 4 is 34.7 Å². The third kappa shape index (κ3) is 4.95. The summed E-state index contributed by atoms with van der Waals surface area (Å²) in [5.74, 6) is 1.23. The Morgan fingerprint density at radius 1 is 1.25 bits per heavy atom. The lowest BCUT2D eigenvalue weighted by molar-refractivity contribution is -0.123. The van der Waals surface area contributed by atoms with Crippen molar-refractivity contribution < 1.29 is 14.3 Å². The minimum Gasteiger partial charge on any atom is -0.496 e. The number of hydrogen-bond donors (Lipinski definition) is 1. The van der Waals surface area contributed by atoms with Gasteiger partial charge in [0.2, 0.25) is 0 Å². The van der Waals surface area contributed by atoms with Crippen LogP contribution in [-0.4, -0.2) is 25.8 Å². The van der Waals surface area contributed by atoms with Crippen LogP contribution in [0.5, 0.6) is 11.5 Å².